The zero-order chi connectivity index (χ0) is 18.3. The van der Waals surface area contributed by atoms with E-state index in [1.165, 1.54) is 10.4 Å². The number of nitrogens with two attached hydrogens (primary N) is 1. The maximum Gasteiger partial charge on any atom is 0.243 e. The molecule has 0 aromatic heterocycles. The Kier molecular flexibility index (Phi) is 6.50. The van der Waals surface area contributed by atoms with E-state index in [0.717, 1.165) is 18.4 Å². The summed E-state index contributed by atoms with van der Waals surface area (Å²) in [6, 6.07) is 3.00. The van der Waals surface area contributed by atoms with Gasteiger partial charge in [0.15, 0.2) is 0 Å². The first-order valence-electron chi connectivity index (χ1n) is 7.36. The van der Waals surface area contributed by atoms with Crippen LogP contribution in [0.5, 0.6) is 0 Å². The van der Waals surface area contributed by atoms with Gasteiger partial charge >= 0.3 is 0 Å². The van der Waals surface area contributed by atoms with Gasteiger partial charge in [0.1, 0.15) is 5.82 Å². The quantitative estimate of drug-likeness (QED) is 0.771. The van der Waals surface area contributed by atoms with Gasteiger partial charge in [-0.3, -0.25) is 4.72 Å². The highest BCUT2D eigenvalue weighted by Gasteiger charge is 2.39. The second kappa shape index (κ2) is 7.36. The SMILES string of the molecule is CC1(C)CN(S(=O)(=O)c2ccc(NS(C)(=O)=O)c(F)c2)CCC1N.Cl. The lowest BCUT2D eigenvalue weighted by Gasteiger charge is -2.41. The highest BCUT2D eigenvalue weighted by atomic mass is 35.5. The number of nitrogens with zero attached hydrogens (tertiary/aromatic N) is 1. The fourth-order valence-electron chi connectivity index (χ4n) is 2.62. The summed E-state index contributed by atoms with van der Waals surface area (Å²) >= 11 is 0. The van der Waals surface area contributed by atoms with Crippen molar-refractivity contribution in [3.8, 4) is 0 Å². The van der Waals surface area contributed by atoms with Crippen LogP contribution >= 0.6 is 12.4 Å². The molecule has 0 aliphatic carbocycles. The van der Waals surface area contributed by atoms with E-state index in [4.69, 9.17) is 5.73 Å². The molecule has 2 rings (SSSR count). The van der Waals surface area contributed by atoms with Crippen molar-refractivity contribution in [1.29, 1.82) is 0 Å². The van der Waals surface area contributed by atoms with Gasteiger partial charge in [0, 0.05) is 19.1 Å². The van der Waals surface area contributed by atoms with Crippen LogP contribution < -0.4 is 10.5 Å². The minimum Gasteiger partial charge on any atom is -0.327 e. The number of benzene rings is 1. The van der Waals surface area contributed by atoms with Crippen LogP contribution in [0.3, 0.4) is 0 Å². The van der Waals surface area contributed by atoms with Crippen molar-refractivity contribution in [3.05, 3.63) is 24.0 Å². The number of nitrogens with one attached hydrogen (secondary N) is 1. The van der Waals surface area contributed by atoms with Crippen LogP contribution in [0.4, 0.5) is 10.1 Å². The second-order valence-corrected chi connectivity index (χ2v) is 10.4. The number of halogens is 2. The number of rotatable bonds is 4. The van der Waals surface area contributed by atoms with Gasteiger partial charge in [-0.1, -0.05) is 13.8 Å². The first-order valence-corrected chi connectivity index (χ1v) is 10.7. The third-order valence-electron chi connectivity index (χ3n) is 4.15. The van der Waals surface area contributed by atoms with Crippen molar-refractivity contribution in [1.82, 2.24) is 4.31 Å². The summed E-state index contributed by atoms with van der Waals surface area (Å²) in [5, 5.41) is 0. The van der Waals surface area contributed by atoms with Crippen LogP contribution in [0.1, 0.15) is 20.3 Å². The first kappa shape index (κ1) is 22.1. The Hall–Kier alpha value is -0.940. The molecule has 7 nitrogen and oxygen atoms in total. The highest BCUT2D eigenvalue weighted by molar-refractivity contribution is 7.92. The van der Waals surface area contributed by atoms with Gasteiger partial charge in [0.2, 0.25) is 20.0 Å². The topological polar surface area (TPSA) is 110 Å². The van der Waals surface area contributed by atoms with Crippen molar-refractivity contribution < 1.29 is 21.2 Å². The molecule has 1 aliphatic heterocycles. The van der Waals surface area contributed by atoms with Crippen LogP contribution in [-0.2, 0) is 20.0 Å². The second-order valence-electron chi connectivity index (χ2n) is 6.74. The van der Waals surface area contributed by atoms with Gasteiger partial charge in [0.25, 0.3) is 0 Å². The molecule has 1 aliphatic rings. The molecule has 1 heterocycles. The van der Waals surface area contributed by atoms with E-state index in [-0.39, 0.29) is 47.5 Å². The van der Waals surface area contributed by atoms with Gasteiger partial charge in [0.05, 0.1) is 16.8 Å². The Balaban J connectivity index is 0.00000312. The van der Waals surface area contributed by atoms with Gasteiger partial charge in [-0.25, -0.2) is 21.2 Å². The van der Waals surface area contributed by atoms with E-state index >= 15 is 0 Å². The molecule has 25 heavy (non-hydrogen) atoms. The molecule has 1 fully saturated rings. The number of piperidine rings is 1. The molecule has 1 atom stereocenters. The summed E-state index contributed by atoms with van der Waals surface area (Å²) in [5.41, 5.74) is 5.33. The molecule has 1 saturated heterocycles. The van der Waals surface area contributed by atoms with E-state index in [1.54, 1.807) is 0 Å². The van der Waals surface area contributed by atoms with Crippen molar-refractivity contribution in [2.45, 2.75) is 31.2 Å². The Labute approximate surface area is 154 Å². The number of hydrogen-bond donors (Lipinski definition) is 2. The van der Waals surface area contributed by atoms with E-state index in [9.17, 15) is 21.2 Å². The third-order valence-corrected chi connectivity index (χ3v) is 6.58. The fourth-order valence-corrected chi connectivity index (χ4v) is 4.82. The van der Waals surface area contributed by atoms with Crippen LogP contribution in [0.15, 0.2) is 23.1 Å². The Morgan fingerprint density at radius 1 is 1.28 bits per heavy atom. The lowest BCUT2D eigenvalue weighted by molar-refractivity contribution is 0.155. The van der Waals surface area contributed by atoms with E-state index in [0.29, 0.717) is 6.42 Å². The lowest BCUT2D eigenvalue weighted by Crippen LogP contribution is -2.53. The minimum atomic E-state index is -3.88. The Morgan fingerprint density at radius 3 is 2.36 bits per heavy atom. The van der Waals surface area contributed by atoms with Crippen LogP contribution in [0.2, 0.25) is 0 Å². The molecular formula is C14H23ClFN3O4S2. The minimum absolute atomic E-state index is 0. The van der Waals surface area contributed by atoms with Gasteiger partial charge in [-0.05, 0) is 30.0 Å². The monoisotopic (exact) mass is 415 g/mol. The number of anilines is 1. The summed E-state index contributed by atoms with van der Waals surface area (Å²) in [6.45, 7) is 4.28. The number of sulfonamides is 2. The lowest BCUT2D eigenvalue weighted by atomic mass is 9.81. The summed E-state index contributed by atoms with van der Waals surface area (Å²) in [6.07, 6.45) is 1.40. The molecule has 144 valence electrons. The maximum atomic E-state index is 14.1. The first-order chi connectivity index (χ1) is 10.8. The molecule has 1 aromatic rings. The molecule has 3 N–H and O–H groups in total. The van der Waals surface area contributed by atoms with Crippen LogP contribution in [0, 0.1) is 11.2 Å². The molecule has 1 aromatic carbocycles. The van der Waals surface area contributed by atoms with Crippen molar-refractivity contribution in [3.63, 3.8) is 0 Å². The molecule has 11 heteroatoms. The fraction of sp³-hybridized carbons (Fsp3) is 0.571. The molecule has 0 amide bonds. The summed E-state index contributed by atoms with van der Waals surface area (Å²) in [4.78, 5) is -0.217. The van der Waals surface area contributed by atoms with E-state index in [1.807, 2.05) is 18.6 Å². The maximum absolute atomic E-state index is 14.1. The molecule has 0 radical (unpaired) electrons. The zero-order valence-corrected chi connectivity index (χ0v) is 16.6. The number of hydrogen-bond acceptors (Lipinski definition) is 5. The van der Waals surface area contributed by atoms with Gasteiger partial charge in [-0.15, -0.1) is 12.4 Å². The standard InChI is InChI=1S/C14H22FN3O4S2.ClH/c1-14(2)9-18(7-6-13(14)16)24(21,22)10-4-5-12(11(15)8-10)17-23(3,19)20;/h4-5,8,13,17H,6-7,9,16H2,1-3H3;1H. The van der Waals surface area contributed by atoms with Gasteiger partial charge in [-0.2, -0.15) is 4.31 Å². The summed E-state index contributed by atoms with van der Waals surface area (Å²) in [5.74, 6) is -0.950. The smallest absolute Gasteiger partial charge is 0.243 e. The van der Waals surface area contributed by atoms with Gasteiger partial charge < -0.3 is 5.73 Å². The predicted molar refractivity (Wildman–Crippen MR) is 97.2 cm³/mol. The normalized spacial score (nSPS) is 21.4. The Morgan fingerprint density at radius 2 is 1.88 bits per heavy atom. The van der Waals surface area contributed by atoms with Crippen LogP contribution in [-0.4, -0.2) is 46.5 Å². The van der Waals surface area contributed by atoms with E-state index < -0.39 is 25.9 Å². The summed E-state index contributed by atoms with van der Waals surface area (Å²) in [7, 11) is -7.53. The zero-order valence-electron chi connectivity index (χ0n) is 14.2. The molecule has 0 bridgehead atoms. The Bertz CT molecular complexity index is 844. The van der Waals surface area contributed by atoms with Crippen molar-refractivity contribution >= 4 is 38.1 Å². The predicted octanol–water partition coefficient (Wildman–Crippen LogP) is 1.37. The molecule has 0 saturated carbocycles. The largest absolute Gasteiger partial charge is 0.327 e. The van der Waals surface area contributed by atoms with Crippen molar-refractivity contribution in [2.24, 2.45) is 11.1 Å². The summed E-state index contributed by atoms with van der Waals surface area (Å²) < 4.78 is 65.1. The van der Waals surface area contributed by atoms with Crippen LogP contribution in [0.25, 0.3) is 0 Å². The highest BCUT2D eigenvalue weighted by Crippen LogP contribution is 2.32. The average Bonchev–Trinajstić information content (AvgIpc) is 2.42. The molecular weight excluding hydrogens is 393 g/mol. The molecule has 0 spiro atoms. The van der Waals surface area contributed by atoms with Crippen molar-refractivity contribution in [2.75, 3.05) is 24.1 Å². The average molecular weight is 416 g/mol. The molecule has 1 unspecified atom stereocenters. The van der Waals surface area contributed by atoms with E-state index in [2.05, 4.69) is 0 Å². The third kappa shape index (κ3) is 5.04.